The number of nitrogens with one attached hydrogen (secondary N) is 2. The Morgan fingerprint density at radius 3 is 2.87 bits per heavy atom. The number of carbonyl (C=O) groups is 1. The summed E-state index contributed by atoms with van der Waals surface area (Å²) in [5, 5.41) is 4.39. The summed E-state index contributed by atoms with van der Waals surface area (Å²) in [5.74, 6) is 1.35. The van der Waals surface area contributed by atoms with Gasteiger partial charge in [0.1, 0.15) is 0 Å². The van der Waals surface area contributed by atoms with Crippen LogP contribution >= 0.6 is 0 Å². The number of aromatic amines is 1. The Morgan fingerprint density at radius 2 is 2.03 bits per heavy atom. The molecule has 0 saturated carbocycles. The zero-order valence-corrected chi connectivity index (χ0v) is 17.6. The van der Waals surface area contributed by atoms with Gasteiger partial charge >= 0.3 is 0 Å². The molecule has 0 spiro atoms. The Balaban J connectivity index is 1.36. The van der Waals surface area contributed by atoms with Gasteiger partial charge in [-0.05, 0) is 49.1 Å². The van der Waals surface area contributed by atoms with Crippen molar-refractivity contribution in [1.82, 2.24) is 15.2 Å². The average molecular weight is 408 g/mol. The molecule has 1 atom stereocenters. The normalized spacial score (nSPS) is 17.1. The third kappa shape index (κ3) is 4.28. The number of nitrogens with zero attached hydrogens (tertiary/aromatic N) is 1. The Bertz CT molecular complexity index is 1010. The van der Waals surface area contributed by atoms with E-state index < -0.39 is 0 Å². The zero-order chi connectivity index (χ0) is 20.9. The Morgan fingerprint density at radius 1 is 1.17 bits per heavy atom. The summed E-state index contributed by atoms with van der Waals surface area (Å²) in [6.07, 6.45) is 4.39. The second-order valence-corrected chi connectivity index (χ2v) is 7.85. The molecule has 0 bridgehead atoms. The van der Waals surface area contributed by atoms with E-state index in [-0.39, 0.29) is 5.91 Å². The minimum absolute atomic E-state index is 0.125. The molecule has 1 aliphatic heterocycles. The van der Waals surface area contributed by atoms with Gasteiger partial charge in [-0.15, -0.1) is 0 Å². The van der Waals surface area contributed by atoms with Gasteiger partial charge in [0.05, 0.1) is 19.8 Å². The first kappa shape index (κ1) is 20.3. The van der Waals surface area contributed by atoms with E-state index in [1.165, 1.54) is 16.5 Å². The van der Waals surface area contributed by atoms with E-state index in [0.29, 0.717) is 29.5 Å². The van der Waals surface area contributed by atoms with Gasteiger partial charge in [-0.3, -0.25) is 9.69 Å². The fourth-order valence-corrected chi connectivity index (χ4v) is 4.36. The van der Waals surface area contributed by atoms with Crippen LogP contribution in [0.4, 0.5) is 0 Å². The standard InChI is InChI=1S/C24H29N3O3/c1-29-22-11-5-9-20(23(22)30-2)24(28)26-13-17-7-6-12-27(15-17)16-18-14-25-21-10-4-3-8-19(18)21/h3-5,8-11,14,17,25H,6-7,12-13,15-16H2,1-2H3,(H,26,28)/t17-/m0/s1. The number of aromatic nitrogens is 1. The van der Waals surface area contributed by atoms with Crippen molar-refractivity contribution in [3.63, 3.8) is 0 Å². The molecule has 158 valence electrons. The minimum Gasteiger partial charge on any atom is -0.493 e. The van der Waals surface area contributed by atoms with Crippen LogP contribution in [-0.4, -0.2) is 49.6 Å². The van der Waals surface area contributed by atoms with Crippen LogP contribution in [0, 0.1) is 5.92 Å². The fraction of sp³-hybridized carbons (Fsp3) is 0.375. The SMILES string of the molecule is COc1cccc(C(=O)NC[C@@H]2CCCN(Cc3c[nH]c4ccccc34)C2)c1OC. The highest BCUT2D eigenvalue weighted by Gasteiger charge is 2.23. The number of carbonyl (C=O) groups excluding carboxylic acids is 1. The highest BCUT2D eigenvalue weighted by Crippen LogP contribution is 2.30. The first-order valence-electron chi connectivity index (χ1n) is 10.5. The third-order valence-corrected chi connectivity index (χ3v) is 5.87. The van der Waals surface area contributed by atoms with E-state index >= 15 is 0 Å². The van der Waals surface area contributed by atoms with E-state index in [2.05, 4.69) is 45.7 Å². The van der Waals surface area contributed by atoms with Crippen molar-refractivity contribution in [2.75, 3.05) is 33.9 Å². The molecule has 30 heavy (non-hydrogen) atoms. The average Bonchev–Trinajstić information content (AvgIpc) is 3.20. The maximum Gasteiger partial charge on any atom is 0.255 e. The number of hydrogen-bond acceptors (Lipinski definition) is 4. The van der Waals surface area contributed by atoms with Crippen LogP contribution in [-0.2, 0) is 6.54 Å². The van der Waals surface area contributed by atoms with Gasteiger partial charge in [-0.2, -0.15) is 0 Å². The lowest BCUT2D eigenvalue weighted by atomic mass is 9.97. The summed E-state index contributed by atoms with van der Waals surface area (Å²) in [7, 11) is 3.13. The fourth-order valence-electron chi connectivity index (χ4n) is 4.36. The quantitative estimate of drug-likeness (QED) is 0.625. The predicted molar refractivity (Wildman–Crippen MR) is 118 cm³/mol. The van der Waals surface area contributed by atoms with Crippen LogP contribution in [0.5, 0.6) is 11.5 Å². The van der Waals surface area contributed by atoms with Crippen LogP contribution in [0.25, 0.3) is 10.9 Å². The van der Waals surface area contributed by atoms with E-state index in [9.17, 15) is 4.79 Å². The number of piperidine rings is 1. The van der Waals surface area contributed by atoms with Crippen LogP contribution in [0.2, 0.25) is 0 Å². The highest BCUT2D eigenvalue weighted by atomic mass is 16.5. The summed E-state index contributed by atoms with van der Waals surface area (Å²) in [6, 6.07) is 13.8. The molecule has 1 amide bonds. The number of benzene rings is 2. The number of hydrogen-bond donors (Lipinski definition) is 2. The summed E-state index contributed by atoms with van der Waals surface area (Å²) in [5.41, 5.74) is 3.01. The lowest BCUT2D eigenvalue weighted by Crippen LogP contribution is -2.40. The Kier molecular flexibility index (Phi) is 6.23. The van der Waals surface area contributed by atoms with Crippen molar-refractivity contribution in [3.8, 4) is 11.5 Å². The van der Waals surface area contributed by atoms with E-state index in [1.807, 2.05) is 0 Å². The second kappa shape index (κ2) is 9.22. The smallest absolute Gasteiger partial charge is 0.255 e. The lowest BCUT2D eigenvalue weighted by molar-refractivity contribution is 0.0927. The zero-order valence-electron chi connectivity index (χ0n) is 17.6. The van der Waals surface area contributed by atoms with Gasteiger partial charge < -0.3 is 19.8 Å². The monoisotopic (exact) mass is 407 g/mol. The molecule has 0 radical (unpaired) electrons. The number of para-hydroxylation sites is 2. The number of ether oxygens (including phenoxy) is 2. The molecule has 0 aliphatic carbocycles. The van der Waals surface area contributed by atoms with Gasteiger partial charge in [0.2, 0.25) is 0 Å². The molecule has 3 aromatic rings. The van der Waals surface area contributed by atoms with E-state index in [0.717, 1.165) is 32.5 Å². The number of methoxy groups -OCH3 is 2. The molecule has 2 heterocycles. The van der Waals surface area contributed by atoms with Gasteiger partial charge in [-0.1, -0.05) is 24.3 Å². The summed E-state index contributed by atoms with van der Waals surface area (Å²) in [6.45, 7) is 3.66. The molecule has 1 saturated heterocycles. The van der Waals surface area contributed by atoms with Crippen LogP contribution in [0.1, 0.15) is 28.8 Å². The first-order valence-corrected chi connectivity index (χ1v) is 10.5. The van der Waals surface area contributed by atoms with Crippen LogP contribution in [0.15, 0.2) is 48.7 Å². The van der Waals surface area contributed by atoms with Gasteiger partial charge in [0.25, 0.3) is 5.91 Å². The molecule has 2 aromatic carbocycles. The topological polar surface area (TPSA) is 66.6 Å². The molecule has 6 heteroatoms. The largest absolute Gasteiger partial charge is 0.493 e. The number of H-pyrrole nitrogens is 1. The number of likely N-dealkylation sites (tertiary alicyclic amines) is 1. The Labute approximate surface area is 177 Å². The van der Waals surface area contributed by atoms with Gasteiger partial charge in [0, 0.05) is 36.7 Å². The van der Waals surface area contributed by atoms with E-state index in [4.69, 9.17) is 9.47 Å². The molecule has 1 aliphatic rings. The van der Waals surface area contributed by atoms with Crippen molar-refractivity contribution >= 4 is 16.8 Å². The number of amides is 1. The summed E-state index contributed by atoms with van der Waals surface area (Å²) >= 11 is 0. The van der Waals surface area contributed by atoms with Crippen molar-refractivity contribution in [3.05, 3.63) is 59.8 Å². The molecule has 2 N–H and O–H groups in total. The molecule has 0 unspecified atom stereocenters. The molecule has 4 rings (SSSR count). The van der Waals surface area contributed by atoms with Crippen molar-refractivity contribution < 1.29 is 14.3 Å². The summed E-state index contributed by atoms with van der Waals surface area (Å²) in [4.78, 5) is 18.6. The molecular formula is C24H29N3O3. The predicted octanol–water partition coefficient (Wildman–Crippen LogP) is 3.83. The highest BCUT2D eigenvalue weighted by molar-refractivity contribution is 5.97. The number of fused-ring (bicyclic) bond motifs is 1. The maximum atomic E-state index is 12.8. The van der Waals surface area contributed by atoms with Gasteiger partial charge in [-0.25, -0.2) is 0 Å². The number of rotatable bonds is 7. The summed E-state index contributed by atoms with van der Waals surface area (Å²) < 4.78 is 10.7. The third-order valence-electron chi connectivity index (χ3n) is 5.87. The molecule has 1 fully saturated rings. The Hall–Kier alpha value is -2.99. The lowest BCUT2D eigenvalue weighted by Gasteiger charge is -2.32. The maximum absolute atomic E-state index is 12.8. The van der Waals surface area contributed by atoms with Gasteiger partial charge in [0.15, 0.2) is 11.5 Å². The van der Waals surface area contributed by atoms with Crippen LogP contribution in [0.3, 0.4) is 0 Å². The first-order chi connectivity index (χ1) is 14.7. The van der Waals surface area contributed by atoms with Crippen molar-refractivity contribution in [1.29, 1.82) is 0 Å². The van der Waals surface area contributed by atoms with Crippen LogP contribution < -0.4 is 14.8 Å². The molecule has 6 nitrogen and oxygen atoms in total. The second-order valence-electron chi connectivity index (χ2n) is 7.85. The molecule has 1 aromatic heterocycles. The van der Waals surface area contributed by atoms with Crippen molar-refractivity contribution in [2.24, 2.45) is 5.92 Å². The minimum atomic E-state index is -0.125. The van der Waals surface area contributed by atoms with Crippen molar-refractivity contribution in [2.45, 2.75) is 19.4 Å². The van der Waals surface area contributed by atoms with E-state index in [1.54, 1.807) is 32.4 Å². The molecular weight excluding hydrogens is 378 g/mol.